The summed E-state index contributed by atoms with van der Waals surface area (Å²) in [7, 11) is -3.92. The third-order valence-corrected chi connectivity index (χ3v) is 5.20. The van der Waals surface area contributed by atoms with Gasteiger partial charge in [0.15, 0.2) is 0 Å². The number of likely N-dealkylation sites (N-methyl/N-ethyl adjacent to an activating group) is 1. The number of hydrogen-bond acceptors (Lipinski definition) is 4. The van der Waals surface area contributed by atoms with Gasteiger partial charge in [0, 0.05) is 12.6 Å². The van der Waals surface area contributed by atoms with Gasteiger partial charge in [-0.2, -0.15) is 0 Å². The van der Waals surface area contributed by atoms with E-state index in [9.17, 15) is 12.8 Å². The number of nitrogens with zero attached hydrogens (tertiary/aromatic N) is 1. The lowest BCUT2D eigenvalue weighted by Gasteiger charge is -2.23. The summed E-state index contributed by atoms with van der Waals surface area (Å²) in [5.74, 6) is -0.823. The highest BCUT2D eigenvalue weighted by Gasteiger charge is 2.27. The van der Waals surface area contributed by atoms with E-state index in [1.54, 1.807) is 0 Å². The molecule has 0 aliphatic carbocycles. The molecule has 0 spiro atoms. The van der Waals surface area contributed by atoms with E-state index in [1.165, 1.54) is 12.1 Å². The van der Waals surface area contributed by atoms with Gasteiger partial charge in [-0.3, -0.25) is 4.90 Å². The number of rotatable bonds is 5. The average molecular weight is 301 g/mol. The van der Waals surface area contributed by atoms with Crippen molar-refractivity contribution in [1.82, 2.24) is 9.62 Å². The lowest BCUT2D eigenvalue weighted by atomic mass is 10.2. The minimum Gasteiger partial charge on any atom is -0.398 e. The predicted molar refractivity (Wildman–Crippen MR) is 76.3 cm³/mol. The second-order valence-corrected chi connectivity index (χ2v) is 6.64. The highest BCUT2D eigenvalue weighted by Crippen LogP contribution is 2.22. The normalized spacial score (nSPS) is 20.4. The number of likely N-dealkylation sites (tertiary alicyclic amines) is 1. The Kier molecular flexibility index (Phi) is 4.62. The van der Waals surface area contributed by atoms with Crippen LogP contribution in [-0.2, 0) is 10.0 Å². The van der Waals surface area contributed by atoms with Crippen LogP contribution in [0.2, 0.25) is 0 Å². The Bertz CT molecular complexity index is 557. The van der Waals surface area contributed by atoms with Crippen molar-refractivity contribution in [2.45, 2.75) is 30.7 Å². The van der Waals surface area contributed by atoms with Crippen LogP contribution < -0.4 is 10.5 Å². The zero-order valence-corrected chi connectivity index (χ0v) is 12.3. The van der Waals surface area contributed by atoms with Gasteiger partial charge in [-0.05, 0) is 38.1 Å². The predicted octanol–water partition coefficient (Wildman–Crippen LogP) is 1.17. The largest absolute Gasteiger partial charge is 0.398 e. The molecule has 1 saturated heterocycles. The van der Waals surface area contributed by atoms with Crippen LogP contribution in [0.4, 0.5) is 10.1 Å². The van der Waals surface area contributed by atoms with Crippen molar-refractivity contribution in [3.8, 4) is 0 Å². The van der Waals surface area contributed by atoms with Crippen LogP contribution in [0.1, 0.15) is 19.8 Å². The molecule has 0 bridgehead atoms. The first kappa shape index (κ1) is 15.2. The Morgan fingerprint density at radius 3 is 2.90 bits per heavy atom. The molecule has 1 unspecified atom stereocenters. The first-order chi connectivity index (χ1) is 9.45. The lowest BCUT2D eigenvalue weighted by Crippen LogP contribution is -2.40. The SMILES string of the molecule is CCN1CCCC1CNS(=O)(=O)c1c(N)cccc1F. The highest BCUT2D eigenvalue weighted by molar-refractivity contribution is 7.89. The number of benzene rings is 1. The summed E-state index contributed by atoms with van der Waals surface area (Å²) in [4.78, 5) is 1.76. The Morgan fingerprint density at radius 1 is 1.50 bits per heavy atom. The van der Waals surface area contributed by atoms with E-state index >= 15 is 0 Å². The first-order valence-corrected chi connectivity index (χ1v) is 8.21. The number of hydrogen-bond donors (Lipinski definition) is 2. The van der Waals surface area contributed by atoms with Gasteiger partial charge in [0.05, 0.1) is 5.69 Å². The van der Waals surface area contributed by atoms with Crippen molar-refractivity contribution in [2.75, 3.05) is 25.4 Å². The van der Waals surface area contributed by atoms with Gasteiger partial charge in [0.2, 0.25) is 10.0 Å². The third kappa shape index (κ3) is 3.11. The molecule has 0 amide bonds. The highest BCUT2D eigenvalue weighted by atomic mass is 32.2. The molecule has 0 aromatic heterocycles. The molecule has 1 aromatic rings. The fourth-order valence-corrected chi connectivity index (χ4v) is 3.89. The molecule has 1 aliphatic rings. The molecule has 1 aromatic carbocycles. The minimum atomic E-state index is -3.92. The molecule has 3 N–H and O–H groups in total. The molecule has 1 aliphatic heterocycles. The van der Waals surface area contributed by atoms with Gasteiger partial charge >= 0.3 is 0 Å². The minimum absolute atomic E-state index is 0.0729. The zero-order chi connectivity index (χ0) is 14.8. The van der Waals surface area contributed by atoms with E-state index in [1.807, 2.05) is 6.92 Å². The van der Waals surface area contributed by atoms with Gasteiger partial charge in [-0.25, -0.2) is 17.5 Å². The summed E-state index contributed by atoms with van der Waals surface area (Å²) < 4.78 is 40.5. The molecule has 0 radical (unpaired) electrons. The van der Waals surface area contributed by atoms with Gasteiger partial charge in [0.25, 0.3) is 0 Å². The molecule has 7 heteroatoms. The fraction of sp³-hybridized carbons (Fsp3) is 0.538. The standard InChI is InChI=1S/C13H20FN3O2S/c1-2-17-8-4-5-10(17)9-16-20(18,19)13-11(14)6-3-7-12(13)15/h3,6-7,10,16H,2,4-5,8-9,15H2,1H3. The van der Waals surface area contributed by atoms with Crippen LogP contribution in [0.15, 0.2) is 23.1 Å². The van der Waals surface area contributed by atoms with Gasteiger partial charge < -0.3 is 5.73 Å². The van der Waals surface area contributed by atoms with Crippen molar-refractivity contribution >= 4 is 15.7 Å². The van der Waals surface area contributed by atoms with Gasteiger partial charge in [-0.15, -0.1) is 0 Å². The monoisotopic (exact) mass is 301 g/mol. The number of halogens is 1. The molecule has 20 heavy (non-hydrogen) atoms. The maximum atomic E-state index is 13.7. The second-order valence-electron chi connectivity index (χ2n) is 4.93. The average Bonchev–Trinajstić information content (AvgIpc) is 2.83. The smallest absolute Gasteiger partial charge is 0.245 e. The van der Waals surface area contributed by atoms with Crippen molar-refractivity contribution in [3.63, 3.8) is 0 Å². The topological polar surface area (TPSA) is 75.4 Å². The van der Waals surface area contributed by atoms with Crippen molar-refractivity contribution in [2.24, 2.45) is 0 Å². The summed E-state index contributed by atoms with van der Waals surface area (Å²) >= 11 is 0. The van der Waals surface area contributed by atoms with Crippen molar-refractivity contribution < 1.29 is 12.8 Å². The second kappa shape index (κ2) is 6.07. The molecule has 1 heterocycles. The Morgan fingerprint density at radius 2 is 2.25 bits per heavy atom. The summed E-state index contributed by atoms with van der Waals surface area (Å²) in [5, 5.41) is 0. The molecule has 5 nitrogen and oxygen atoms in total. The van der Waals surface area contributed by atoms with Crippen LogP contribution in [0, 0.1) is 5.82 Å². The first-order valence-electron chi connectivity index (χ1n) is 6.73. The van der Waals surface area contributed by atoms with E-state index < -0.39 is 20.7 Å². The molecule has 1 atom stereocenters. The van der Waals surface area contributed by atoms with Crippen LogP contribution in [0.3, 0.4) is 0 Å². The molecule has 1 fully saturated rings. The van der Waals surface area contributed by atoms with E-state index in [0.29, 0.717) is 0 Å². The van der Waals surface area contributed by atoms with Gasteiger partial charge in [-0.1, -0.05) is 13.0 Å². The number of nitrogens with one attached hydrogen (secondary N) is 1. The van der Waals surface area contributed by atoms with Crippen LogP contribution in [-0.4, -0.2) is 39.0 Å². The van der Waals surface area contributed by atoms with Crippen molar-refractivity contribution in [3.05, 3.63) is 24.0 Å². The molecular weight excluding hydrogens is 281 g/mol. The maximum Gasteiger partial charge on any atom is 0.245 e. The number of nitrogens with two attached hydrogens (primary N) is 1. The zero-order valence-electron chi connectivity index (χ0n) is 11.5. The van der Waals surface area contributed by atoms with Crippen molar-refractivity contribution in [1.29, 1.82) is 0 Å². The van der Waals surface area contributed by atoms with E-state index in [4.69, 9.17) is 5.73 Å². The third-order valence-electron chi connectivity index (χ3n) is 3.68. The van der Waals surface area contributed by atoms with E-state index in [0.717, 1.165) is 32.0 Å². The van der Waals surface area contributed by atoms with Crippen LogP contribution >= 0.6 is 0 Å². The summed E-state index contributed by atoms with van der Waals surface area (Å²) in [6.45, 7) is 4.19. The summed E-state index contributed by atoms with van der Waals surface area (Å²) in [6, 6.07) is 4.03. The van der Waals surface area contributed by atoms with Crippen LogP contribution in [0.25, 0.3) is 0 Å². The maximum absolute atomic E-state index is 13.7. The van der Waals surface area contributed by atoms with Crippen LogP contribution in [0.5, 0.6) is 0 Å². The fourth-order valence-electron chi connectivity index (χ4n) is 2.63. The number of sulfonamides is 1. The Labute approximate surface area is 119 Å². The number of anilines is 1. The van der Waals surface area contributed by atoms with E-state index in [2.05, 4.69) is 9.62 Å². The molecular formula is C13H20FN3O2S. The summed E-state index contributed by atoms with van der Waals surface area (Å²) in [6.07, 6.45) is 2.01. The molecule has 2 rings (SSSR count). The van der Waals surface area contributed by atoms with Gasteiger partial charge in [0.1, 0.15) is 10.7 Å². The Balaban J connectivity index is 2.12. The van der Waals surface area contributed by atoms with E-state index in [-0.39, 0.29) is 18.3 Å². The molecule has 0 saturated carbocycles. The Hall–Kier alpha value is -1.18. The quantitative estimate of drug-likeness (QED) is 0.801. The number of nitrogen functional groups attached to an aromatic ring is 1. The lowest BCUT2D eigenvalue weighted by molar-refractivity contribution is 0.268. The summed E-state index contributed by atoms with van der Waals surface area (Å²) in [5.41, 5.74) is 5.50. The molecule has 112 valence electrons.